The van der Waals surface area contributed by atoms with Crippen LogP contribution in [-0.4, -0.2) is 50.3 Å². The normalized spacial score (nSPS) is 18.3. The second kappa shape index (κ2) is 11.9. The van der Waals surface area contributed by atoms with Crippen molar-refractivity contribution in [3.05, 3.63) is 72.1 Å². The third-order valence-corrected chi connectivity index (χ3v) is 5.40. The van der Waals surface area contributed by atoms with Crippen LogP contribution in [0.5, 0.6) is 0 Å². The smallest absolute Gasteiger partial charge is 0.265 e. The Morgan fingerprint density at radius 2 is 2.09 bits per heavy atom. The molecule has 2 aromatic heterocycles. The molecule has 0 saturated carbocycles. The molecule has 2 N–H and O–H groups in total. The van der Waals surface area contributed by atoms with Gasteiger partial charge in [0.2, 0.25) is 11.7 Å². The lowest BCUT2D eigenvalue weighted by Crippen LogP contribution is -2.47. The maximum atomic E-state index is 12.6. The van der Waals surface area contributed by atoms with E-state index in [2.05, 4.69) is 25.8 Å². The van der Waals surface area contributed by atoms with E-state index in [-0.39, 0.29) is 5.92 Å². The van der Waals surface area contributed by atoms with Crippen LogP contribution in [0.1, 0.15) is 44.9 Å². The van der Waals surface area contributed by atoms with Crippen LogP contribution in [0.2, 0.25) is 0 Å². The summed E-state index contributed by atoms with van der Waals surface area (Å²) in [6.45, 7) is 5.14. The average Bonchev–Trinajstić information content (AvgIpc) is 3.19. The molecule has 2 unspecified atom stereocenters. The van der Waals surface area contributed by atoms with Gasteiger partial charge in [-0.15, -0.1) is 5.73 Å². The molecule has 2 aromatic rings. The second-order valence-corrected chi connectivity index (χ2v) is 7.53. The van der Waals surface area contributed by atoms with E-state index in [1.807, 2.05) is 55.8 Å². The predicted molar refractivity (Wildman–Crippen MR) is 121 cm³/mol. The number of hydrogen-bond acceptors (Lipinski definition) is 7. The summed E-state index contributed by atoms with van der Waals surface area (Å²) in [7, 11) is 0. The molecule has 1 saturated heterocycles. The van der Waals surface area contributed by atoms with E-state index in [4.69, 9.17) is 4.52 Å². The fourth-order valence-electron chi connectivity index (χ4n) is 3.85. The molecule has 1 aliphatic rings. The molecule has 0 bridgehead atoms. The first-order chi connectivity index (χ1) is 15.7. The molecule has 3 heterocycles. The van der Waals surface area contributed by atoms with Gasteiger partial charge < -0.3 is 4.52 Å². The van der Waals surface area contributed by atoms with Crippen molar-refractivity contribution in [3.8, 4) is 11.4 Å². The van der Waals surface area contributed by atoms with Crippen molar-refractivity contribution < 1.29 is 14.5 Å². The third-order valence-electron chi connectivity index (χ3n) is 5.40. The summed E-state index contributed by atoms with van der Waals surface area (Å²) < 4.78 is 5.57. The maximum absolute atomic E-state index is 12.6. The van der Waals surface area contributed by atoms with Crippen molar-refractivity contribution in [2.45, 2.75) is 45.1 Å². The highest BCUT2D eigenvalue weighted by Crippen LogP contribution is 2.30. The SMILES string of the molecule is C/C=C\C=C=C(/C=C\C)C(C(=O)NO)N1CCCC(c2nc(-c3ccncc3)no2)CC1. The molecular formula is C24H29N5O3. The number of nitrogens with one attached hydrogen (secondary N) is 1. The van der Waals surface area contributed by atoms with Gasteiger partial charge in [0.25, 0.3) is 5.91 Å². The van der Waals surface area contributed by atoms with Crippen LogP contribution in [0.15, 0.2) is 70.7 Å². The Morgan fingerprint density at radius 3 is 2.81 bits per heavy atom. The van der Waals surface area contributed by atoms with Gasteiger partial charge in [-0.1, -0.05) is 29.5 Å². The van der Waals surface area contributed by atoms with Gasteiger partial charge in [0.1, 0.15) is 6.04 Å². The van der Waals surface area contributed by atoms with E-state index in [9.17, 15) is 10.0 Å². The Balaban J connectivity index is 1.79. The standard InChI is InChI=1S/C24H29N5O3/c1-3-5-6-9-18(8-4-2)21(23(30)27-31)29-16-7-10-20(13-17-29)24-26-22(28-32-24)19-11-14-25-15-12-19/h3-6,8,11-12,14-15,20-21,31H,7,10,13,16-17H2,1-2H3,(H,27,30)/b5-3-,8-4-. The van der Waals surface area contributed by atoms with E-state index in [0.717, 1.165) is 24.8 Å². The zero-order chi connectivity index (χ0) is 22.8. The maximum Gasteiger partial charge on any atom is 0.265 e. The topological polar surface area (TPSA) is 104 Å². The highest BCUT2D eigenvalue weighted by molar-refractivity contribution is 5.84. The minimum absolute atomic E-state index is 0.105. The largest absolute Gasteiger partial charge is 0.339 e. The zero-order valence-electron chi connectivity index (χ0n) is 18.4. The summed E-state index contributed by atoms with van der Waals surface area (Å²) in [6, 6.07) is 3.04. The van der Waals surface area contributed by atoms with Crippen LogP contribution < -0.4 is 5.48 Å². The molecule has 168 valence electrons. The van der Waals surface area contributed by atoms with E-state index < -0.39 is 11.9 Å². The number of carbonyl (C=O) groups is 1. The predicted octanol–water partition coefficient (Wildman–Crippen LogP) is 3.81. The minimum atomic E-state index is -0.647. The number of allylic oxidation sites excluding steroid dienone is 3. The Hall–Kier alpha value is -3.32. The van der Waals surface area contributed by atoms with Crippen molar-refractivity contribution in [2.75, 3.05) is 13.1 Å². The third kappa shape index (κ3) is 5.88. The molecule has 1 amide bonds. The van der Waals surface area contributed by atoms with Crippen LogP contribution in [0.4, 0.5) is 0 Å². The van der Waals surface area contributed by atoms with Crippen molar-refractivity contribution in [1.29, 1.82) is 0 Å². The number of hydrogen-bond donors (Lipinski definition) is 2. The lowest BCUT2D eigenvalue weighted by atomic mass is 10.0. The lowest BCUT2D eigenvalue weighted by Gasteiger charge is -2.29. The molecule has 1 aliphatic heterocycles. The number of hydroxylamine groups is 1. The Morgan fingerprint density at radius 1 is 1.28 bits per heavy atom. The molecule has 0 radical (unpaired) electrons. The number of carbonyl (C=O) groups excluding carboxylic acids is 1. The van der Waals surface area contributed by atoms with Gasteiger partial charge in [-0.25, -0.2) is 5.48 Å². The fourth-order valence-corrected chi connectivity index (χ4v) is 3.85. The van der Waals surface area contributed by atoms with Gasteiger partial charge in [0.05, 0.1) is 0 Å². The molecule has 3 rings (SSSR count). The molecule has 0 aliphatic carbocycles. The first-order valence-electron chi connectivity index (χ1n) is 10.8. The van der Waals surface area contributed by atoms with Gasteiger partial charge in [0.15, 0.2) is 0 Å². The van der Waals surface area contributed by atoms with E-state index in [1.165, 1.54) is 0 Å². The molecular weight excluding hydrogens is 406 g/mol. The number of amides is 1. The second-order valence-electron chi connectivity index (χ2n) is 7.53. The molecule has 8 heteroatoms. The van der Waals surface area contributed by atoms with Gasteiger partial charge >= 0.3 is 0 Å². The van der Waals surface area contributed by atoms with E-state index in [1.54, 1.807) is 18.5 Å². The molecule has 8 nitrogen and oxygen atoms in total. The van der Waals surface area contributed by atoms with Crippen LogP contribution in [0.25, 0.3) is 11.4 Å². The van der Waals surface area contributed by atoms with Crippen LogP contribution >= 0.6 is 0 Å². The van der Waals surface area contributed by atoms with Crippen molar-refractivity contribution in [2.24, 2.45) is 0 Å². The van der Waals surface area contributed by atoms with Crippen LogP contribution in [-0.2, 0) is 4.79 Å². The van der Waals surface area contributed by atoms with Gasteiger partial charge in [-0.2, -0.15) is 4.98 Å². The Bertz CT molecular complexity index is 1010. The summed E-state index contributed by atoms with van der Waals surface area (Å²) in [4.78, 5) is 23.3. The molecule has 32 heavy (non-hydrogen) atoms. The van der Waals surface area contributed by atoms with Crippen molar-refractivity contribution >= 4 is 5.91 Å². The molecule has 0 aromatic carbocycles. The van der Waals surface area contributed by atoms with Crippen molar-refractivity contribution in [3.63, 3.8) is 0 Å². The molecule has 0 spiro atoms. The number of likely N-dealkylation sites (tertiary alicyclic amines) is 1. The molecule has 2 atom stereocenters. The quantitative estimate of drug-likeness (QED) is 0.295. The minimum Gasteiger partial charge on any atom is -0.339 e. The summed E-state index contributed by atoms with van der Waals surface area (Å²) in [5.41, 5.74) is 6.55. The fraction of sp³-hybridized carbons (Fsp3) is 0.375. The lowest BCUT2D eigenvalue weighted by molar-refractivity contribution is -0.133. The van der Waals surface area contributed by atoms with Crippen LogP contribution in [0, 0.1) is 0 Å². The summed E-state index contributed by atoms with van der Waals surface area (Å²) in [5, 5.41) is 13.5. The first kappa shape index (κ1) is 23.3. The Labute approximate surface area is 188 Å². The van der Waals surface area contributed by atoms with E-state index >= 15 is 0 Å². The van der Waals surface area contributed by atoms with Crippen LogP contribution in [0.3, 0.4) is 0 Å². The van der Waals surface area contributed by atoms with Crippen molar-refractivity contribution in [1.82, 2.24) is 25.5 Å². The van der Waals surface area contributed by atoms with Gasteiger partial charge in [0, 0.05) is 36.0 Å². The number of pyridine rings is 1. The highest BCUT2D eigenvalue weighted by atomic mass is 16.5. The summed E-state index contributed by atoms with van der Waals surface area (Å²) >= 11 is 0. The van der Waals surface area contributed by atoms with E-state index in [0.29, 0.717) is 30.4 Å². The summed E-state index contributed by atoms with van der Waals surface area (Å²) in [6.07, 6.45) is 15.1. The average molecular weight is 436 g/mol. The van der Waals surface area contributed by atoms with Gasteiger partial charge in [-0.3, -0.25) is 19.9 Å². The van der Waals surface area contributed by atoms with Gasteiger partial charge in [-0.05, 0) is 57.9 Å². The monoisotopic (exact) mass is 435 g/mol. The summed E-state index contributed by atoms with van der Waals surface area (Å²) in [5.74, 6) is 0.789. The highest BCUT2D eigenvalue weighted by Gasteiger charge is 2.32. The first-order valence-corrected chi connectivity index (χ1v) is 10.8. The number of nitrogens with zero attached hydrogens (tertiary/aromatic N) is 4. The number of aromatic nitrogens is 3. The zero-order valence-corrected chi connectivity index (χ0v) is 18.4. The molecule has 1 fully saturated rings. The Kier molecular flexibility index (Phi) is 8.69. The number of rotatable bonds is 7.